The van der Waals surface area contributed by atoms with Crippen LogP contribution in [0.4, 0.5) is 26.2 Å². The number of rotatable bonds is 28. The van der Waals surface area contributed by atoms with Crippen LogP contribution in [0, 0.1) is 29.1 Å². The van der Waals surface area contributed by atoms with E-state index in [4.69, 9.17) is 31.0 Å². The van der Waals surface area contributed by atoms with Gasteiger partial charge in [0.1, 0.15) is 24.5 Å². The molecular formula is C70H83N13O15S2. The Morgan fingerprint density at radius 3 is 2.22 bits per heavy atom. The highest BCUT2D eigenvalue weighted by atomic mass is 32.2. The Labute approximate surface area is 581 Å². The van der Waals surface area contributed by atoms with Crippen LogP contribution in [-0.4, -0.2) is 164 Å². The zero-order valence-electron chi connectivity index (χ0n) is 56.5. The van der Waals surface area contributed by atoms with Crippen LogP contribution < -0.4 is 37.2 Å². The number of ether oxygens (including phenoxy) is 2. The second-order valence-corrected chi connectivity index (χ2v) is 31.0. The number of benzene rings is 3. The van der Waals surface area contributed by atoms with Gasteiger partial charge < -0.3 is 46.5 Å². The van der Waals surface area contributed by atoms with E-state index in [1.807, 2.05) is 59.0 Å². The van der Waals surface area contributed by atoms with Crippen LogP contribution in [0.25, 0.3) is 21.3 Å². The molecule has 12 rings (SSSR count). The smallest absolute Gasteiger partial charge is 0.409 e. The van der Waals surface area contributed by atoms with E-state index in [1.165, 1.54) is 42.2 Å². The summed E-state index contributed by atoms with van der Waals surface area (Å²) in [5.41, 5.74) is 16.0. The second-order valence-electron chi connectivity index (χ2n) is 28.3. The first-order valence-electron chi connectivity index (χ1n) is 33.2. The average molecular weight is 1410 g/mol. The molecule has 3 aromatic carbocycles. The van der Waals surface area contributed by atoms with Gasteiger partial charge in [0.15, 0.2) is 16.1 Å². The topological polar surface area (TPSA) is 391 Å². The van der Waals surface area contributed by atoms with Gasteiger partial charge in [0.2, 0.25) is 11.8 Å². The number of aromatic nitrogens is 4. The highest BCUT2D eigenvalue weighted by Gasteiger charge is 2.66. The Kier molecular flexibility index (Phi) is 20.4. The van der Waals surface area contributed by atoms with Gasteiger partial charge in [-0.25, -0.2) is 24.4 Å². The molecule has 6 aromatic rings. The van der Waals surface area contributed by atoms with Gasteiger partial charge in [-0.05, 0) is 152 Å². The number of para-hydroxylation sites is 1. The summed E-state index contributed by atoms with van der Waals surface area (Å²) in [6.07, 6.45) is 8.28. The molecule has 4 bridgehead atoms. The first-order chi connectivity index (χ1) is 47.3. The molecule has 0 radical (unpaired) electrons. The fraction of sp³-hybridized carbons (Fsp3) is 0.457. The minimum absolute atomic E-state index is 0.00521. The minimum Gasteiger partial charge on any atom is -0.476 e. The monoisotopic (exact) mass is 1410 g/mol. The Morgan fingerprint density at radius 2 is 1.56 bits per heavy atom. The predicted molar refractivity (Wildman–Crippen MR) is 370 cm³/mol. The number of primary amides is 2. The standard InChI is InChI=1S/C70H83N13O15S2/c1-41(2)57(77-61(88)53(100(94,95)96)25-28-81-55(84)22-23-56(81)85)62(89)83(51(59(71)86)14-10-26-73-64(72)92)45-18-16-43(17-19-45)33-97-66(93)79(6)29-30-98-70-37-67(4)34-68(5,38-70)36-69(35-67,39-70)40-82-42(3)48(31-74-82)46-20-21-54(76-58(46)63(90)91)80-27-24-44-11-9-12-47(49(44)32-80)60(87)78-65-75-50-13-7-8-15-52(50)99-65/h7-9,11-13,15-23,31,41,51,53,57H,10,14,24-30,32-40H2,1-6H3,(H2,71,86)(H,77,88)(H,90,91)(H3,72,73,92)(H,75,78,87)(H,94,95,96)/t51-,53+,57-,67?,68?,69?,70?/m0/s1. The number of carbonyl (C=O) groups is 9. The molecule has 4 saturated carbocycles. The lowest BCUT2D eigenvalue weighted by atomic mass is 9.39. The largest absolute Gasteiger partial charge is 0.476 e. The number of anilines is 3. The zero-order chi connectivity index (χ0) is 71.8. The van der Waals surface area contributed by atoms with Crippen LogP contribution >= 0.6 is 11.3 Å². The molecule has 4 aliphatic carbocycles. The van der Waals surface area contributed by atoms with Crippen molar-refractivity contribution in [3.8, 4) is 11.1 Å². The Balaban J connectivity index is 0.724. The van der Waals surface area contributed by atoms with E-state index in [2.05, 4.69) is 34.8 Å². The maximum Gasteiger partial charge on any atom is 0.409 e. The van der Waals surface area contributed by atoms with Crippen LogP contribution in [-0.2, 0) is 69.7 Å². The molecule has 530 valence electrons. The molecule has 28 nitrogen and oxygen atoms in total. The SMILES string of the molecule is Cc1c(-c2ccc(N3CCc4cccc(C(=O)Nc5nc6ccccc6s5)c4C3)nc2C(=O)O)cnn1CC12CC3(C)CC(C)(C1)CC(OCCN(C)C(=O)OCc1ccc(N(C(=O)[C@@H](NC(=O)[C@@H](CCN4C(=O)C=CC4=O)S(=O)(=O)O)C(C)C)[C@@H](CCCNC(N)=O)C(N)=O)cc1)(C3)C2. The molecular weight excluding hydrogens is 1330 g/mol. The fourth-order valence-corrected chi connectivity index (χ4v) is 18.1. The summed E-state index contributed by atoms with van der Waals surface area (Å²) in [4.78, 5) is 133. The number of carbonyl (C=O) groups excluding carboxylic acids is 8. The number of hydrogen-bond donors (Lipinski definition) is 7. The van der Waals surface area contributed by atoms with Crippen LogP contribution in [0.1, 0.15) is 129 Å². The highest BCUT2D eigenvalue weighted by molar-refractivity contribution is 7.87. The van der Waals surface area contributed by atoms with Crippen LogP contribution in [0.2, 0.25) is 0 Å². The number of carboxylic acid groups (broad SMARTS) is 1. The molecule has 0 saturated heterocycles. The third-order valence-electron chi connectivity index (χ3n) is 19.9. The van der Waals surface area contributed by atoms with Crippen molar-refractivity contribution >= 4 is 102 Å². The molecule has 6 aliphatic rings. The number of aromatic carboxylic acids is 1. The molecule has 3 aromatic heterocycles. The van der Waals surface area contributed by atoms with Crippen molar-refractivity contribution in [2.45, 2.75) is 141 Å². The van der Waals surface area contributed by atoms with Gasteiger partial charge in [-0.15, -0.1) is 0 Å². The quantitative estimate of drug-likeness (QED) is 0.0146. The van der Waals surface area contributed by atoms with E-state index in [0.29, 0.717) is 64.2 Å². The number of thiazole rings is 1. The molecule has 5 heterocycles. The van der Waals surface area contributed by atoms with E-state index >= 15 is 0 Å². The number of pyridine rings is 1. The van der Waals surface area contributed by atoms with Gasteiger partial charge in [0.25, 0.3) is 33.7 Å². The number of nitrogens with zero attached hydrogens (tertiary/aromatic N) is 8. The molecule has 4 fully saturated rings. The number of nitrogens with one attached hydrogen (secondary N) is 3. The van der Waals surface area contributed by atoms with Crippen molar-refractivity contribution in [3.63, 3.8) is 0 Å². The summed E-state index contributed by atoms with van der Waals surface area (Å²) < 4.78 is 51.0. The van der Waals surface area contributed by atoms with Crippen molar-refractivity contribution < 1.29 is 70.7 Å². The van der Waals surface area contributed by atoms with E-state index in [0.717, 1.165) is 82.6 Å². The molecule has 2 aliphatic heterocycles. The molecule has 30 heteroatoms. The number of fused-ring (bicyclic) bond motifs is 2. The maximum atomic E-state index is 14.8. The van der Waals surface area contributed by atoms with Crippen molar-refractivity contribution in [1.82, 2.24) is 40.2 Å². The van der Waals surface area contributed by atoms with E-state index in [9.17, 15) is 61.2 Å². The Bertz CT molecular complexity index is 4310. The zero-order valence-corrected chi connectivity index (χ0v) is 58.2. The number of carboxylic acids is 1. The number of likely N-dealkylation sites (N-methyl/N-ethyl adjacent to an activating group) is 1. The molecule has 0 spiro atoms. The highest BCUT2D eigenvalue weighted by Crippen LogP contribution is 2.72. The van der Waals surface area contributed by atoms with Gasteiger partial charge in [0.05, 0.1) is 28.6 Å². The Hall–Kier alpha value is -9.65. The summed E-state index contributed by atoms with van der Waals surface area (Å²) in [5.74, 6) is -6.46. The van der Waals surface area contributed by atoms with Crippen molar-refractivity contribution in [3.05, 3.63) is 131 Å². The number of hydrogen-bond acceptors (Lipinski definition) is 18. The molecule has 9 amide bonds. The summed E-state index contributed by atoms with van der Waals surface area (Å²) >= 11 is 1.40. The predicted octanol–water partition coefficient (Wildman–Crippen LogP) is 7.13. The average Bonchev–Trinajstić information content (AvgIpc) is 0.704. The van der Waals surface area contributed by atoms with E-state index < -0.39 is 99.6 Å². The molecule has 9 N–H and O–H groups in total. The molecule has 2 unspecified atom stereocenters. The number of imide groups is 1. The van der Waals surface area contributed by atoms with Crippen molar-refractivity contribution in [1.29, 1.82) is 0 Å². The molecule has 5 atom stereocenters. The second kappa shape index (κ2) is 28.5. The maximum absolute atomic E-state index is 14.8. The van der Waals surface area contributed by atoms with Gasteiger partial charge >= 0.3 is 18.1 Å². The normalized spacial score (nSPS) is 21.6. The van der Waals surface area contributed by atoms with Gasteiger partial charge in [-0.3, -0.25) is 53.1 Å². The number of amides is 9. The van der Waals surface area contributed by atoms with Gasteiger partial charge in [-0.2, -0.15) is 13.5 Å². The van der Waals surface area contributed by atoms with Gasteiger partial charge in [0, 0.05) is 86.5 Å². The van der Waals surface area contributed by atoms with Crippen LogP contribution in [0.3, 0.4) is 0 Å². The number of urea groups is 1. The summed E-state index contributed by atoms with van der Waals surface area (Å²) in [5, 5.41) is 21.8. The van der Waals surface area contributed by atoms with E-state index in [1.54, 1.807) is 37.5 Å². The third kappa shape index (κ3) is 15.5. The van der Waals surface area contributed by atoms with Crippen LogP contribution in [0.5, 0.6) is 0 Å². The minimum atomic E-state index is -5.18. The molecule has 100 heavy (non-hydrogen) atoms. The van der Waals surface area contributed by atoms with Crippen LogP contribution in [0.15, 0.2) is 97.2 Å². The first kappa shape index (κ1) is 71.6. The summed E-state index contributed by atoms with van der Waals surface area (Å²) in [6.45, 7) is 10.8. The van der Waals surface area contributed by atoms with Crippen molar-refractivity contribution in [2.24, 2.45) is 33.6 Å². The lowest BCUT2D eigenvalue weighted by Gasteiger charge is -2.69. The lowest BCUT2D eigenvalue weighted by molar-refractivity contribution is -0.248. The Morgan fingerprint density at radius 1 is 0.850 bits per heavy atom. The fourth-order valence-electron chi connectivity index (χ4n) is 16.5. The number of nitrogens with two attached hydrogens (primary N) is 2. The van der Waals surface area contributed by atoms with Gasteiger partial charge in [-0.1, -0.05) is 75.4 Å². The summed E-state index contributed by atoms with van der Waals surface area (Å²) in [7, 11) is -3.57. The first-order valence-corrected chi connectivity index (χ1v) is 35.5. The van der Waals surface area contributed by atoms with Crippen molar-refractivity contribution in [2.75, 3.05) is 55.0 Å². The summed E-state index contributed by atoms with van der Waals surface area (Å²) in [6, 6.07) is 19.2. The lowest BCUT2D eigenvalue weighted by Crippen LogP contribution is -2.64. The third-order valence-corrected chi connectivity index (χ3v) is 22.0. The van der Waals surface area contributed by atoms with E-state index in [-0.39, 0.29) is 72.7 Å².